The van der Waals surface area contributed by atoms with Crippen molar-refractivity contribution in [3.05, 3.63) is 41.2 Å². The van der Waals surface area contributed by atoms with Gasteiger partial charge in [-0.25, -0.2) is 0 Å². The second-order valence-electron chi connectivity index (χ2n) is 8.79. The molecule has 26 heavy (non-hydrogen) atoms. The van der Waals surface area contributed by atoms with E-state index in [1.54, 1.807) is 5.70 Å². The van der Waals surface area contributed by atoms with E-state index in [1.165, 1.54) is 81.2 Å². The highest BCUT2D eigenvalue weighted by molar-refractivity contribution is 5.60. The molecule has 1 aromatic carbocycles. The molecule has 2 heteroatoms. The lowest BCUT2D eigenvalue weighted by Gasteiger charge is -2.42. The minimum Gasteiger partial charge on any atom is -0.350 e. The maximum atomic E-state index is 2.87. The van der Waals surface area contributed by atoms with Crippen LogP contribution in [0.5, 0.6) is 0 Å². The predicted molar refractivity (Wildman–Crippen MR) is 111 cm³/mol. The summed E-state index contributed by atoms with van der Waals surface area (Å²) < 4.78 is 0. The molecule has 0 aromatic heterocycles. The third kappa shape index (κ3) is 3.17. The average Bonchev–Trinajstić information content (AvgIpc) is 2.94. The molecular formula is C24H36N2. The van der Waals surface area contributed by atoms with Crippen LogP contribution in [-0.2, 0) is 0 Å². The van der Waals surface area contributed by atoms with Gasteiger partial charge in [0.05, 0.1) is 0 Å². The molecule has 1 unspecified atom stereocenters. The molecule has 0 radical (unpaired) electrons. The third-order valence-electron chi connectivity index (χ3n) is 7.12. The molecule has 2 nitrogen and oxygen atoms in total. The molecule has 1 aromatic rings. The van der Waals surface area contributed by atoms with Crippen LogP contribution in [0.4, 0.5) is 5.69 Å². The molecule has 3 aliphatic rings. The van der Waals surface area contributed by atoms with E-state index in [0.29, 0.717) is 6.17 Å². The van der Waals surface area contributed by atoms with Crippen molar-refractivity contribution in [2.75, 3.05) is 4.90 Å². The lowest BCUT2D eigenvalue weighted by atomic mass is 9.84. The fourth-order valence-electron chi connectivity index (χ4n) is 5.88. The van der Waals surface area contributed by atoms with Gasteiger partial charge in [-0.2, -0.15) is 0 Å². The van der Waals surface area contributed by atoms with E-state index in [9.17, 15) is 0 Å². The lowest BCUT2D eigenvalue weighted by Crippen LogP contribution is -2.45. The first-order valence-corrected chi connectivity index (χ1v) is 11.0. The SMILES string of the molecule is CC1=C(C2CCCCC2)N(C2CCCCC2)C(C)N1c1ccccc1C. The maximum Gasteiger partial charge on any atom is 0.103 e. The molecule has 4 rings (SSSR count). The molecule has 0 bridgehead atoms. The second-order valence-corrected chi connectivity index (χ2v) is 8.79. The van der Waals surface area contributed by atoms with Crippen LogP contribution in [-0.4, -0.2) is 17.1 Å². The minimum absolute atomic E-state index is 0.455. The summed E-state index contributed by atoms with van der Waals surface area (Å²) in [7, 11) is 0. The molecule has 1 aliphatic heterocycles. The molecule has 2 aliphatic carbocycles. The van der Waals surface area contributed by atoms with Gasteiger partial charge in [0.1, 0.15) is 6.17 Å². The Bertz CT molecular complexity index is 650. The van der Waals surface area contributed by atoms with Crippen molar-refractivity contribution in [3.8, 4) is 0 Å². The van der Waals surface area contributed by atoms with Crippen LogP contribution in [0.25, 0.3) is 0 Å². The first-order chi connectivity index (χ1) is 12.7. The lowest BCUT2D eigenvalue weighted by molar-refractivity contribution is 0.147. The van der Waals surface area contributed by atoms with Crippen molar-refractivity contribution in [1.82, 2.24) is 4.90 Å². The van der Waals surface area contributed by atoms with Crippen LogP contribution in [0.2, 0.25) is 0 Å². The van der Waals surface area contributed by atoms with E-state index >= 15 is 0 Å². The van der Waals surface area contributed by atoms with Crippen LogP contribution in [0.3, 0.4) is 0 Å². The van der Waals surface area contributed by atoms with Crippen molar-refractivity contribution < 1.29 is 0 Å². The Kier molecular flexibility index (Phi) is 5.29. The Hall–Kier alpha value is -1.44. The van der Waals surface area contributed by atoms with Gasteiger partial charge in [-0.05, 0) is 58.1 Å². The highest BCUT2D eigenvalue weighted by Crippen LogP contribution is 2.45. The maximum absolute atomic E-state index is 2.87. The summed E-state index contributed by atoms with van der Waals surface area (Å²) in [6.45, 7) is 7.11. The summed E-state index contributed by atoms with van der Waals surface area (Å²) in [6.07, 6.45) is 14.5. The molecule has 0 N–H and O–H groups in total. The number of aryl methyl sites for hydroxylation is 1. The summed E-state index contributed by atoms with van der Waals surface area (Å²) in [5.41, 5.74) is 6.04. The van der Waals surface area contributed by atoms with Gasteiger partial charge >= 0.3 is 0 Å². The molecule has 0 amide bonds. The van der Waals surface area contributed by atoms with E-state index in [-0.39, 0.29) is 0 Å². The Morgan fingerprint density at radius 2 is 1.42 bits per heavy atom. The summed E-state index contributed by atoms with van der Waals surface area (Å²) >= 11 is 0. The van der Waals surface area contributed by atoms with Gasteiger partial charge in [-0.15, -0.1) is 0 Å². The summed E-state index contributed by atoms with van der Waals surface area (Å²) in [4.78, 5) is 5.52. The summed E-state index contributed by atoms with van der Waals surface area (Å²) in [6, 6.07) is 9.70. The zero-order valence-corrected chi connectivity index (χ0v) is 17.0. The van der Waals surface area contributed by atoms with Gasteiger partial charge in [0.2, 0.25) is 0 Å². The van der Waals surface area contributed by atoms with Crippen molar-refractivity contribution in [2.45, 2.75) is 97.2 Å². The van der Waals surface area contributed by atoms with Gasteiger partial charge in [-0.1, -0.05) is 56.7 Å². The molecule has 0 saturated heterocycles. The third-order valence-corrected chi connectivity index (χ3v) is 7.12. The van der Waals surface area contributed by atoms with Gasteiger partial charge in [0.25, 0.3) is 0 Å². The van der Waals surface area contributed by atoms with E-state index < -0.39 is 0 Å². The van der Waals surface area contributed by atoms with Gasteiger partial charge < -0.3 is 9.80 Å². The molecule has 2 fully saturated rings. The van der Waals surface area contributed by atoms with Crippen LogP contribution in [0.15, 0.2) is 35.7 Å². The highest BCUT2D eigenvalue weighted by atomic mass is 15.4. The minimum atomic E-state index is 0.455. The summed E-state index contributed by atoms with van der Waals surface area (Å²) in [5.74, 6) is 0.780. The van der Waals surface area contributed by atoms with Crippen LogP contribution in [0.1, 0.15) is 83.6 Å². The number of benzene rings is 1. The normalized spacial score (nSPS) is 26.0. The Labute approximate surface area is 160 Å². The second kappa shape index (κ2) is 7.66. The quantitative estimate of drug-likeness (QED) is 0.604. The van der Waals surface area contributed by atoms with Gasteiger partial charge in [-0.3, -0.25) is 0 Å². The predicted octanol–water partition coefficient (Wildman–Crippen LogP) is 6.61. The van der Waals surface area contributed by atoms with Crippen LogP contribution in [0, 0.1) is 12.8 Å². The summed E-state index contributed by atoms with van der Waals surface area (Å²) in [5, 5.41) is 0. The Morgan fingerprint density at radius 1 is 0.808 bits per heavy atom. The number of allylic oxidation sites excluding steroid dienone is 2. The van der Waals surface area contributed by atoms with Crippen LogP contribution < -0.4 is 4.90 Å². The number of anilines is 1. The van der Waals surface area contributed by atoms with Gasteiger partial charge in [0.15, 0.2) is 0 Å². The topological polar surface area (TPSA) is 6.48 Å². The fourth-order valence-corrected chi connectivity index (χ4v) is 5.88. The number of para-hydroxylation sites is 1. The largest absolute Gasteiger partial charge is 0.350 e. The Balaban J connectivity index is 1.73. The van der Waals surface area contributed by atoms with E-state index in [1.807, 2.05) is 0 Å². The van der Waals surface area contributed by atoms with Crippen LogP contribution >= 0.6 is 0 Å². The van der Waals surface area contributed by atoms with E-state index in [2.05, 4.69) is 54.8 Å². The molecular weight excluding hydrogens is 316 g/mol. The zero-order chi connectivity index (χ0) is 18.1. The van der Waals surface area contributed by atoms with Gasteiger partial charge in [0, 0.05) is 29.0 Å². The fraction of sp³-hybridized carbons (Fsp3) is 0.667. The zero-order valence-electron chi connectivity index (χ0n) is 17.0. The monoisotopic (exact) mass is 352 g/mol. The standard InChI is InChI=1S/C24H36N2/c1-18-12-10-11-17-23(18)25-19(2)24(21-13-6-4-7-14-21)26(20(25)3)22-15-8-5-9-16-22/h10-12,17,20-22H,4-9,13-16H2,1-3H3. The Morgan fingerprint density at radius 3 is 2.08 bits per heavy atom. The molecule has 0 spiro atoms. The van der Waals surface area contributed by atoms with E-state index in [0.717, 1.165) is 12.0 Å². The number of rotatable bonds is 3. The first-order valence-electron chi connectivity index (χ1n) is 11.0. The van der Waals surface area contributed by atoms with Crippen molar-refractivity contribution >= 4 is 5.69 Å². The molecule has 1 heterocycles. The van der Waals surface area contributed by atoms with Crippen molar-refractivity contribution in [1.29, 1.82) is 0 Å². The molecule has 142 valence electrons. The number of nitrogens with zero attached hydrogens (tertiary/aromatic N) is 2. The highest BCUT2D eigenvalue weighted by Gasteiger charge is 2.41. The van der Waals surface area contributed by atoms with Crippen molar-refractivity contribution in [2.24, 2.45) is 5.92 Å². The average molecular weight is 353 g/mol. The molecule has 1 atom stereocenters. The number of hydrogen-bond donors (Lipinski definition) is 0. The molecule has 2 saturated carbocycles. The van der Waals surface area contributed by atoms with Crippen molar-refractivity contribution in [3.63, 3.8) is 0 Å². The smallest absolute Gasteiger partial charge is 0.103 e. The number of hydrogen-bond acceptors (Lipinski definition) is 2. The first kappa shape index (κ1) is 17.9. The van der Waals surface area contributed by atoms with E-state index in [4.69, 9.17) is 0 Å².